The number of hydrogen-bond acceptors (Lipinski definition) is 4. The second-order valence-corrected chi connectivity index (χ2v) is 9.62. The van der Waals surface area contributed by atoms with Gasteiger partial charge in [-0.2, -0.15) is 0 Å². The van der Waals surface area contributed by atoms with Gasteiger partial charge in [0.25, 0.3) is 0 Å². The zero-order valence-corrected chi connectivity index (χ0v) is 17.8. The number of fused-ring (bicyclic) bond motifs is 1. The number of halogens is 1. The minimum atomic E-state index is -3.60. The second-order valence-electron chi connectivity index (χ2n) is 7.07. The van der Waals surface area contributed by atoms with Gasteiger partial charge in [-0.25, -0.2) is 12.7 Å². The molecule has 1 aliphatic heterocycles. The summed E-state index contributed by atoms with van der Waals surface area (Å²) < 4.78 is 27.9. The van der Waals surface area contributed by atoms with Gasteiger partial charge < -0.3 is 9.88 Å². The topological polar surface area (TPSA) is 74.6 Å². The van der Waals surface area contributed by atoms with Gasteiger partial charge in [-0.05, 0) is 37.3 Å². The molecule has 9 heteroatoms. The Morgan fingerprint density at radius 2 is 2.04 bits per heavy atom. The molecule has 0 saturated heterocycles. The molecule has 2 heterocycles. The summed E-state index contributed by atoms with van der Waals surface area (Å²) in [6.45, 7) is 4.54. The third-order valence-electron chi connectivity index (χ3n) is 5.09. The maximum absolute atomic E-state index is 12.4. The van der Waals surface area contributed by atoms with E-state index in [-0.39, 0.29) is 16.8 Å². The molecule has 1 aromatic heterocycles. The lowest BCUT2D eigenvalue weighted by Crippen LogP contribution is -2.38. The standard InChI is InChI=1S/C19H25ClN4O3S/c1-14-18-5-4-9-24(18)12-11-23(14)10-8-19(25)21-17-13-15(6-7-16(17)20)28(26,27)22(2)3/h4-7,9,13-14H,8,10-12H2,1-3H3,(H,21,25). The second kappa shape index (κ2) is 8.24. The SMILES string of the molecule is CC1c2cccn2CCN1CCC(=O)Nc1cc(S(=O)(=O)N(C)C)ccc1Cl. The zero-order valence-electron chi connectivity index (χ0n) is 16.2. The summed E-state index contributed by atoms with van der Waals surface area (Å²) >= 11 is 6.15. The molecule has 152 valence electrons. The van der Waals surface area contributed by atoms with E-state index in [1.807, 2.05) is 6.07 Å². The van der Waals surface area contributed by atoms with E-state index in [0.29, 0.717) is 23.7 Å². The van der Waals surface area contributed by atoms with E-state index in [1.165, 1.54) is 38.0 Å². The van der Waals surface area contributed by atoms with Crippen LogP contribution in [-0.2, 0) is 21.4 Å². The van der Waals surface area contributed by atoms with Crippen molar-refractivity contribution in [2.24, 2.45) is 0 Å². The van der Waals surface area contributed by atoms with E-state index in [4.69, 9.17) is 11.6 Å². The van der Waals surface area contributed by atoms with Crippen molar-refractivity contribution >= 4 is 33.2 Å². The maximum atomic E-state index is 12.4. The minimum absolute atomic E-state index is 0.0858. The fourth-order valence-electron chi connectivity index (χ4n) is 3.36. The normalized spacial score (nSPS) is 17.5. The summed E-state index contributed by atoms with van der Waals surface area (Å²) in [5, 5.41) is 3.05. The van der Waals surface area contributed by atoms with Crippen molar-refractivity contribution in [3.8, 4) is 0 Å². The fraction of sp³-hybridized carbons (Fsp3) is 0.421. The molecule has 1 atom stereocenters. The van der Waals surface area contributed by atoms with Gasteiger partial charge >= 0.3 is 0 Å². The van der Waals surface area contributed by atoms with E-state index >= 15 is 0 Å². The van der Waals surface area contributed by atoms with E-state index < -0.39 is 10.0 Å². The van der Waals surface area contributed by atoms with Crippen LogP contribution >= 0.6 is 11.6 Å². The van der Waals surface area contributed by atoms with E-state index in [0.717, 1.165) is 17.4 Å². The third-order valence-corrected chi connectivity index (χ3v) is 7.23. The molecule has 0 radical (unpaired) electrons. The van der Waals surface area contributed by atoms with Crippen molar-refractivity contribution in [2.45, 2.75) is 30.8 Å². The average molecular weight is 425 g/mol. The largest absolute Gasteiger partial charge is 0.349 e. The first kappa shape index (κ1) is 20.9. The first-order valence-corrected chi connectivity index (χ1v) is 10.9. The number of nitrogens with one attached hydrogen (secondary N) is 1. The Labute approximate surface area is 170 Å². The average Bonchev–Trinajstić information content (AvgIpc) is 3.12. The molecule has 0 aliphatic carbocycles. The van der Waals surface area contributed by atoms with Crippen LogP contribution in [0.5, 0.6) is 0 Å². The van der Waals surface area contributed by atoms with Crippen LogP contribution in [0.25, 0.3) is 0 Å². The van der Waals surface area contributed by atoms with Gasteiger partial charge in [-0.3, -0.25) is 9.69 Å². The molecule has 1 aliphatic rings. The number of carbonyl (C=O) groups excluding carboxylic acids is 1. The Hall–Kier alpha value is -1.87. The maximum Gasteiger partial charge on any atom is 0.242 e. The van der Waals surface area contributed by atoms with Crippen LogP contribution in [0.2, 0.25) is 5.02 Å². The molecule has 2 aromatic rings. The molecule has 0 fully saturated rings. The molecule has 0 bridgehead atoms. The van der Waals surface area contributed by atoms with Gasteiger partial charge in [0.1, 0.15) is 0 Å². The summed E-state index contributed by atoms with van der Waals surface area (Å²) in [7, 11) is -0.685. The molecule has 1 aromatic carbocycles. The monoisotopic (exact) mass is 424 g/mol. The predicted octanol–water partition coefficient (Wildman–Crippen LogP) is 2.80. The number of nitrogens with zero attached hydrogens (tertiary/aromatic N) is 3. The molecule has 1 amide bonds. The van der Waals surface area contributed by atoms with Crippen LogP contribution in [-0.4, -0.2) is 55.3 Å². The van der Waals surface area contributed by atoms with Crippen LogP contribution in [0.4, 0.5) is 5.69 Å². The molecule has 1 unspecified atom stereocenters. The lowest BCUT2D eigenvalue weighted by Gasteiger charge is -2.34. The quantitative estimate of drug-likeness (QED) is 0.773. The number of sulfonamides is 1. The van der Waals surface area contributed by atoms with Gasteiger partial charge in [0.2, 0.25) is 15.9 Å². The van der Waals surface area contributed by atoms with Crippen molar-refractivity contribution < 1.29 is 13.2 Å². The molecular weight excluding hydrogens is 400 g/mol. The van der Waals surface area contributed by atoms with Crippen molar-refractivity contribution in [3.63, 3.8) is 0 Å². The minimum Gasteiger partial charge on any atom is -0.349 e. The third kappa shape index (κ3) is 4.25. The first-order chi connectivity index (χ1) is 13.2. The Morgan fingerprint density at radius 3 is 2.75 bits per heavy atom. The molecule has 0 saturated carbocycles. The highest BCUT2D eigenvalue weighted by molar-refractivity contribution is 7.89. The van der Waals surface area contributed by atoms with Crippen LogP contribution in [0, 0.1) is 0 Å². The van der Waals surface area contributed by atoms with E-state index in [1.54, 1.807) is 0 Å². The van der Waals surface area contributed by atoms with Gasteiger partial charge in [0, 0.05) is 58.1 Å². The Balaban J connectivity index is 1.64. The first-order valence-electron chi connectivity index (χ1n) is 9.11. The number of hydrogen-bond donors (Lipinski definition) is 1. The smallest absolute Gasteiger partial charge is 0.242 e. The van der Waals surface area contributed by atoms with Crippen molar-refractivity contribution in [2.75, 3.05) is 32.5 Å². The predicted molar refractivity (Wildman–Crippen MR) is 110 cm³/mol. The Bertz CT molecular complexity index is 971. The summed E-state index contributed by atoms with van der Waals surface area (Å²) in [4.78, 5) is 14.8. The van der Waals surface area contributed by atoms with Crippen molar-refractivity contribution in [1.29, 1.82) is 0 Å². The summed E-state index contributed by atoms with van der Waals surface area (Å²) in [6.07, 6.45) is 2.37. The molecule has 1 N–H and O–H groups in total. The highest BCUT2D eigenvalue weighted by atomic mass is 35.5. The van der Waals surface area contributed by atoms with Crippen LogP contribution < -0.4 is 5.32 Å². The van der Waals surface area contributed by atoms with E-state index in [2.05, 4.69) is 34.0 Å². The number of anilines is 1. The van der Waals surface area contributed by atoms with Crippen LogP contribution in [0.3, 0.4) is 0 Å². The molecular formula is C19H25ClN4O3S. The summed E-state index contributed by atoms with van der Waals surface area (Å²) in [5.41, 5.74) is 1.55. The zero-order chi connectivity index (χ0) is 20.5. The summed E-state index contributed by atoms with van der Waals surface area (Å²) in [6, 6.07) is 8.69. The van der Waals surface area contributed by atoms with E-state index in [9.17, 15) is 13.2 Å². The Kier molecular flexibility index (Phi) is 6.14. The number of benzene rings is 1. The van der Waals surface area contributed by atoms with Crippen molar-refractivity contribution in [3.05, 3.63) is 47.2 Å². The number of rotatable bonds is 6. The lowest BCUT2D eigenvalue weighted by molar-refractivity contribution is -0.116. The number of carbonyl (C=O) groups is 1. The lowest BCUT2D eigenvalue weighted by atomic mass is 10.1. The van der Waals surface area contributed by atoms with Crippen LogP contribution in [0.15, 0.2) is 41.4 Å². The Morgan fingerprint density at radius 1 is 1.29 bits per heavy atom. The summed E-state index contributed by atoms with van der Waals surface area (Å²) in [5.74, 6) is -0.200. The van der Waals surface area contributed by atoms with Gasteiger partial charge in [-0.1, -0.05) is 11.6 Å². The highest BCUT2D eigenvalue weighted by Crippen LogP contribution is 2.27. The molecule has 3 rings (SSSR count). The van der Waals surface area contributed by atoms with Gasteiger partial charge in [-0.15, -0.1) is 0 Å². The van der Waals surface area contributed by atoms with Gasteiger partial charge in [0.05, 0.1) is 15.6 Å². The number of aromatic nitrogens is 1. The van der Waals surface area contributed by atoms with Crippen LogP contribution in [0.1, 0.15) is 25.1 Å². The fourth-order valence-corrected chi connectivity index (χ4v) is 4.46. The van der Waals surface area contributed by atoms with Gasteiger partial charge in [0.15, 0.2) is 0 Å². The van der Waals surface area contributed by atoms with Crippen molar-refractivity contribution in [1.82, 2.24) is 13.8 Å². The number of amides is 1. The molecule has 7 nitrogen and oxygen atoms in total. The molecule has 0 spiro atoms. The molecule has 28 heavy (non-hydrogen) atoms. The highest BCUT2D eigenvalue weighted by Gasteiger charge is 2.24.